The minimum atomic E-state index is -0.812. The van der Waals surface area contributed by atoms with Crippen molar-refractivity contribution >= 4 is 39.9 Å². The summed E-state index contributed by atoms with van der Waals surface area (Å²) in [6.45, 7) is 3.82. The zero-order chi connectivity index (χ0) is 17.5. The summed E-state index contributed by atoms with van der Waals surface area (Å²) in [7, 11) is 0. The Hall–Kier alpha value is -1.92. The van der Waals surface area contributed by atoms with Crippen LogP contribution in [0.1, 0.15) is 31.2 Å². The van der Waals surface area contributed by atoms with Crippen molar-refractivity contribution in [2.75, 3.05) is 11.9 Å². The molecule has 0 aliphatic carbocycles. The summed E-state index contributed by atoms with van der Waals surface area (Å²) in [5.41, 5.74) is 0.720. The number of hydrogen-bond donors (Lipinski definition) is 1. The second-order valence-electron chi connectivity index (χ2n) is 5.38. The maximum Gasteiger partial charge on any atom is 0.245 e. The first kappa shape index (κ1) is 18.4. The molecule has 0 aliphatic rings. The van der Waals surface area contributed by atoms with Gasteiger partial charge in [0.15, 0.2) is 5.13 Å². The van der Waals surface area contributed by atoms with Crippen LogP contribution in [0.2, 0.25) is 0 Å². The number of amides is 2. The van der Waals surface area contributed by atoms with E-state index in [1.54, 1.807) is 23.7 Å². The van der Waals surface area contributed by atoms with Crippen LogP contribution in [0.3, 0.4) is 0 Å². The number of alkyl halides is 1. The number of thiazole rings is 1. The second-order valence-corrected chi connectivity index (χ2v) is 6.71. The van der Waals surface area contributed by atoms with Gasteiger partial charge in [0, 0.05) is 17.6 Å². The van der Waals surface area contributed by atoms with Crippen LogP contribution in [0.25, 0.3) is 0 Å². The minimum Gasteiger partial charge on any atom is -0.329 e. The molecular weight excluding hydrogens is 346 g/mol. The molecule has 2 amide bonds. The molecule has 24 heavy (non-hydrogen) atoms. The van der Waals surface area contributed by atoms with Crippen LogP contribution in [0, 0.1) is 0 Å². The number of benzene rings is 1. The van der Waals surface area contributed by atoms with Crippen LogP contribution in [-0.4, -0.2) is 34.3 Å². The molecule has 0 bridgehead atoms. The highest BCUT2D eigenvalue weighted by molar-refractivity contribution is 7.13. The highest BCUT2D eigenvalue weighted by Crippen LogP contribution is 2.24. The van der Waals surface area contributed by atoms with Crippen LogP contribution >= 0.6 is 22.9 Å². The predicted molar refractivity (Wildman–Crippen MR) is 97.2 cm³/mol. The number of halogens is 1. The van der Waals surface area contributed by atoms with Crippen LogP contribution in [-0.2, 0) is 9.59 Å². The first-order chi connectivity index (χ1) is 11.5. The van der Waals surface area contributed by atoms with Crippen LogP contribution in [0.4, 0.5) is 5.13 Å². The monoisotopic (exact) mass is 365 g/mol. The Morgan fingerprint density at radius 1 is 1.33 bits per heavy atom. The van der Waals surface area contributed by atoms with Gasteiger partial charge in [-0.3, -0.25) is 9.59 Å². The number of carbonyl (C=O) groups excluding carboxylic acids is 2. The third-order valence-corrected chi connectivity index (χ3v) is 4.83. The number of nitrogens with one attached hydrogen (secondary N) is 1. The Kier molecular flexibility index (Phi) is 6.75. The molecule has 7 heteroatoms. The molecule has 0 spiro atoms. The molecule has 2 unspecified atom stereocenters. The molecule has 2 atom stereocenters. The highest BCUT2D eigenvalue weighted by Gasteiger charge is 2.28. The second kappa shape index (κ2) is 8.80. The average Bonchev–Trinajstić information content (AvgIpc) is 3.11. The van der Waals surface area contributed by atoms with Gasteiger partial charge < -0.3 is 10.2 Å². The smallest absolute Gasteiger partial charge is 0.245 e. The van der Waals surface area contributed by atoms with Crippen LogP contribution in [0.5, 0.6) is 0 Å². The van der Waals surface area contributed by atoms with E-state index in [1.807, 2.05) is 32.0 Å². The quantitative estimate of drug-likeness (QED) is 0.761. The fraction of sp³-hybridized carbons (Fsp3) is 0.353. The SMILES string of the molecule is CCC(C)N(CC(=O)Nc1nccs1)C(=O)C(Cl)c1ccccc1. The van der Waals surface area contributed by atoms with Gasteiger partial charge in [0.2, 0.25) is 11.8 Å². The number of rotatable bonds is 7. The Bertz CT molecular complexity index is 664. The molecule has 0 saturated heterocycles. The zero-order valence-corrected chi connectivity index (χ0v) is 15.2. The molecule has 0 fully saturated rings. The van der Waals surface area contributed by atoms with Crippen molar-refractivity contribution in [2.45, 2.75) is 31.7 Å². The third kappa shape index (κ3) is 4.79. The van der Waals surface area contributed by atoms with Gasteiger partial charge in [0.1, 0.15) is 11.9 Å². The number of aromatic nitrogens is 1. The van der Waals surface area contributed by atoms with E-state index in [0.29, 0.717) is 5.13 Å². The van der Waals surface area contributed by atoms with Crippen molar-refractivity contribution in [1.82, 2.24) is 9.88 Å². The van der Waals surface area contributed by atoms with Crippen molar-refractivity contribution in [3.63, 3.8) is 0 Å². The maximum absolute atomic E-state index is 12.8. The lowest BCUT2D eigenvalue weighted by Gasteiger charge is -2.29. The molecule has 0 radical (unpaired) electrons. The fourth-order valence-electron chi connectivity index (χ4n) is 2.18. The molecule has 2 aromatic rings. The molecule has 1 N–H and O–H groups in total. The van der Waals surface area contributed by atoms with E-state index in [-0.39, 0.29) is 24.4 Å². The molecule has 0 saturated carbocycles. The van der Waals surface area contributed by atoms with Gasteiger partial charge in [-0.1, -0.05) is 37.3 Å². The van der Waals surface area contributed by atoms with Gasteiger partial charge in [-0.2, -0.15) is 0 Å². The highest BCUT2D eigenvalue weighted by atomic mass is 35.5. The molecule has 1 heterocycles. The summed E-state index contributed by atoms with van der Waals surface area (Å²) in [5.74, 6) is -0.554. The number of hydrogen-bond acceptors (Lipinski definition) is 4. The standard InChI is InChI=1S/C17H20ClN3O2S/c1-3-12(2)21(11-14(22)20-17-19-9-10-24-17)16(23)15(18)13-7-5-4-6-8-13/h4-10,12,15H,3,11H2,1-2H3,(H,19,20,22). The zero-order valence-electron chi connectivity index (χ0n) is 13.6. The Morgan fingerprint density at radius 3 is 2.62 bits per heavy atom. The summed E-state index contributed by atoms with van der Waals surface area (Å²) in [6, 6.07) is 9.05. The Labute approximate surface area is 150 Å². The van der Waals surface area contributed by atoms with E-state index in [1.165, 1.54) is 16.2 Å². The van der Waals surface area contributed by atoms with Gasteiger partial charge in [-0.25, -0.2) is 4.98 Å². The normalized spacial score (nSPS) is 13.1. The maximum atomic E-state index is 12.8. The first-order valence-corrected chi connectivity index (χ1v) is 9.03. The summed E-state index contributed by atoms with van der Waals surface area (Å²) < 4.78 is 0. The van der Waals surface area contributed by atoms with Crippen LogP contribution < -0.4 is 5.32 Å². The van der Waals surface area contributed by atoms with Crippen molar-refractivity contribution in [3.8, 4) is 0 Å². The largest absolute Gasteiger partial charge is 0.329 e. The Morgan fingerprint density at radius 2 is 2.04 bits per heavy atom. The molecular formula is C17H20ClN3O2S. The molecule has 0 aliphatic heterocycles. The average molecular weight is 366 g/mol. The summed E-state index contributed by atoms with van der Waals surface area (Å²) >= 11 is 7.68. The Balaban J connectivity index is 2.09. The molecule has 5 nitrogen and oxygen atoms in total. The third-order valence-electron chi connectivity index (χ3n) is 3.71. The number of anilines is 1. The number of nitrogens with zero attached hydrogens (tertiary/aromatic N) is 2. The van der Waals surface area contributed by atoms with E-state index in [9.17, 15) is 9.59 Å². The van der Waals surface area contributed by atoms with E-state index in [0.717, 1.165) is 12.0 Å². The summed E-state index contributed by atoms with van der Waals surface area (Å²) in [5, 5.41) is 4.18. The van der Waals surface area contributed by atoms with Gasteiger partial charge in [-0.15, -0.1) is 22.9 Å². The number of carbonyl (C=O) groups is 2. The van der Waals surface area contributed by atoms with E-state index in [4.69, 9.17) is 11.6 Å². The van der Waals surface area contributed by atoms with Gasteiger partial charge in [0.05, 0.1) is 0 Å². The van der Waals surface area contributed by atoms with E-state index in [2.05, 4.69) is 10.3 Å². The molecule has 128 valence electrons. The van der Waals surface area contributed by atoms with Crippen molar-refractivity contribution in [3.05, 3.63) is 47.5 Å². The summed E-state index contributed by atoms with van der Waals surface area (Å²) in [4.78, 5) is 30.5. The fourth-order valence-corrected chi connectivity index (χ4v) is 3.00. The summed E-state index contributed by atoms with van der Waals surface area (Å²) in [6.07, 6.45) is 2.34. The van der Waals surface area contributed by atoms with Crippen molar-refractivity contribution in [1.29, 1.82) is 0 Å². The lowest BCUT2D eigenvalue weighted by Crippen LogP contribution is -2.44. The van der Waals surface area contributed by atoms with Gasteiger partial charge in [0.25, 0.3) is 0 Å². The lowest BCUT2D eigenvalue weighted by molar-refractivity contribution is -0.136. The van der Waals surface area contributed by atoms with E-state index >= 15 is 0 Å². The van der Waals surface area contributed by atoms with Gasteiger partial charge in [-0.05, 0) is 18.9 Å². The van der Waals surface area contributed by atoms with Crippen LogP contribution in [0.15, 0.2) is 41.9 Å². The van der Waals surface area contributed by atoms with E-state index < -0.39 is 5.38 Å². The predicted octanol–water partition coefficient (Wildman–Crippen LogP) is 3.69. The topological polar surface area (TPSA) is 62.3 Å². The lowest BCUT2D eigenvalue weighted by atomic mass is 10.1. The molecule has 1 aromatic heterocycles. The van der Waals surface area contributed by atoms with Crippen molar-refractivity contribution in [2.24, 2.45) is 0 Å². The minimum absolute atomic E-state index is 0.0521. The van der Waals surface area contributed by atoms with Gasteiger partial charge >= 0.3 is 0 Å². The van der Waals surface area contributed by atoms with Crippen molar-refractivity contribution < 1.29 is 9.59 Å². The molecule has 1 aromatic carbocycles. The molecule has 2 rings (SSSR count). The first-order valence-electron chi connectivity index (χ1n) is 7.71.